The maximum absolute atomic E-state index is 5.89. The van der Waals surface area contributed by atoms with Gasteiger partial charge in [-0.1, -0.05) is 11.6 Å². The minimum absolute atomic E-state index is 0.676. The van der Waals surface area contributed by atoms with Gasteiger partial charge >= 0.3 is 0 Å². The molecule has 0 amide bonds. The molecular formula is C11H8ClN3OS. The van der Waals surface area contributed by atoms with Gasteiger partial charge in [0.1, 0.15) is 5.75 Å². The van der Waals surface area contributed by atoms with Gasteiger partial charge in [-0.3, -0.25) is 0 Å². The highest BCUT2D eigenvalue weighted by molar-refractivity contribution is 7.19. The van der Waals surface area contributed by atoms with Gasteiger partial charge in [0.15, 0.2) is 11.5 Å². The van der Waals surface area contributed by atoms with E-state index in [1.165, 1.54) is 11.3 Å². The Morgan fingerprint density at radius 1 is 1.35 bits per heavy atom. The third-order valence-electron chi connectivity index (χ3n) is 2.34. The fourth-order valence-corrected chi connectivity index (χ4v) is 2.50. The zero-order valence-corrected chi connectivity index (χ0v) is 10.5. The van der Waals surface area contributed by atoms with Crippen LogP contribution in [0.2, 0.25) is 4.34 Å². The molecule has 3 aromatic heterocycles. The van der Waals surface area contributed by atoms with Crippen LogP contribution in [0, 0.1) is 0 Å². The molecule has 3 aromatic rings. The molecule has 0 atom stereocenters. The topological polar surface area (TPSA) is 39.4 Å². The average molecular weight is 266 g/mol. The van der Waals surface area contributed by atoms with E-state index in [2.05, 4.69) is 10.1 Å². The third-order valence-corrected chi connectivity index (χ3v) is 3.57. The lowest BCUT2D eigenvalue weighted by Gasteiger charge is -1.97. The van der Waals surface area contributed by atoms with Crippen LogP contribution < -0.4 is 4.74 Å². The van der Waals surface area contributed by atoms with Gasteiger partial charge in [-0.2, -0.15) is 0 Å². The molecule has 3 heterocycles. The van der Waals surface area contributed by atoms with Crippen molar-refractivity contribution in [1.82, 2.24) is 14.6 Å². The van der Waals surface area contributed by atoms with Crippen LogP contribution >= 0.6 is 22.9 Å². The summed E-state index contributed by atoms with van der Waals surface area (Å²) < 4.78 is 7.59. The number of fused-ring (bicyclic) bond motifs is 1. The van der Waals surface area contributed by atoms with Crippen molar-refractivity contribution in [3.05, 3.63) is 34.8 Å². The molecule has 0 spiro atoms. The predicted molar refractivity (Wildman–Crippen MR) is 67.9 cm³/mol. The van der Waals surface area contributed by atoms with Crippen molar-refractivity contribution in [2.45, 2.75) is 0 Å². The molecule has 0 aromatic carbocycles. The van der Waals surface area contributed by atoms with Crippen LogP contribution in [-0.2, 0) is 0 Å². The normalized spacial score (nSPS) is 10.9. The van der Waals surface area contributed by atoms with Crippen molar-refractivity contribution in [2.24, 2.45) is 0 Å². The Morgan fingerprint density at radius 3 is 2.94 bits per heavy atom. The molecule has 17 heavy (non-hydrogen) atoms. The number of hydrogen-bond donors (Lipinski definition) is 0. The molecule has 6 heteroatoms. The fourth-order valence-electron chi connectivity index (χ4n) is 1.53. The quantitative estimate of drug-likeness (QED) is 0.715. The van der Waals surface area contributed by atoms with Crippen molar-refractivity contribution in [2.75, 3.05) is 7.11 Å². The molecular weight excluding hydrogens is 258 g/mol. The number of halogens is 1. The van der Waals surface area contributed by atoms with E-state index in [4.69, 9.17) is 16.3 Å². The van der Waals surface area contributed by atoms with E-state index in [1.54, 1.807) is 11.6 Å². The Hall–Kier alpha value is -1.59. The summed E-state index contributed by atoms with van der Waals surface area (Å²) in [7, 11) is 1.63. The van der Waals surface area contributed by atoms with Gasteiger partial charge in [0, 0.05) is 12.3 Å². The lowest BCUT2D eigenvalue weighted by molar-refractivity contribution is 0.414. The van der Waals surface area contributed by atoms with Crippen molar-refractivity contribution in [3.8, 4) is 16.5 Å². The molecule has 4 nitrogen and oxygen atoms in total. The smallest absolute Gasteiger partial charge is 0.192 e. The second-order valence-corrected chi connectivity index (χ2v) is 5.12. The first-order chi connectivity index (χ1) is 8.26. The van der Waals surface area contributed by atoms with E-state index in [-0.39, 0.29) is 0 Å². The van der Waals surface area contributed by atoms with Gasteiger partial charge in [0.2, 0.25) is 0 Å². The van der Waals surface area contributed by atoms with Crippen molar-refractivity contribution < 1.29 is 4.74 Å². The number of ether oxygens (including phenoxy) is 1. The van der Waals surface area contributed by atoms with Crippen molar-refractivity contribution in [3.63, 3.8) is 0 Å². The number of rotatable bonds is 2. The van der Waals surface area contributed by atoms with Crippen molar-refractivity contribution in [1.29, 1.82) is 0 Å². The Bertz CT molecular complexity index is 676. The highest BCUT2D eigenvalue weighted by atomic mass is 35.5. The molecule has 0 unspecified atom stereocenters. The summed E-state index contributed by atoms with van der Waals surface area (Å²) in [6.07, 6.45) is 1.82. The first-order valence-electron chi connectivity index (χ1n) is 4.92. The molecule has 0 saturated heterocycles. The monoisotopic (exact) mass is 265 g/mol. The zero-order valence-electron chi connectivity index (χ0n) is 8.92. The van der Waals surface area contributed by atoms with Gasteiger partial charge in [-0.15, -0.1) is 16.4 Å². The van der Waals surface area contributed by atoms with Gasteiger partial charge in [-0.25, -0.2) is 9.50 Å². The highest BCUT2D eigenvalue weighted by Gasteiger charge is 2.09. The minimum Gasteiger partial charge on any atom is -0.497 e. The summed E-state index contributed by atoms with van der Waals surface area (Å²) in [5.41, 5.74) is 0.754. The molecule has 0 aliphatic heterocycles. The number of methoxy groups -OCH3 is 1. The first-order valence-corrected chi connectivity index (χ1v) is 6.12. The Labute approximate surface area is 106 Å². The highest BCUT2D eigenvalue weighted by Crippen LogP contribution is 2.29. The fraction of sp³-hybridized carbons (Fsp3) is 0.0909. The standard InChI is InChI=1S/C11H8ClN3OS/c1-16-7-4-5-15-10(6-7)13-11(14-15)8-2-3-9(12)17-8/h2-6H,1H3. The van der Waals surface area contributed by atoms with Crippen LogP contribution in [0.15, 0.2) is 30.5 Å². The van der Waals surface area contributed by atoms with Crippen LogP contribution in [0.4, 0.5) is 0 Å². The molecule has 0 fully saturated rings. The first kappa shape index (κ1) is 10.6. The molecule has 0 bridgehead atoms. The molecule has 0 N–H and O–H groups in total. The van der Waals surface area contributed by atoms with Gasteiger partial charge in [0.25, 0.3) is 0 Å². The van der Waals surface area contributed by atoms with Gasteiger partial charge in [0.05, 0.1) is 16.3 Å². The second-order valence-electron chi connectivity index (χ2n) is 3.41. The molecule has 86 valence electrons. The maximum atomic E-state index is 5.89. The predicted octanol–water partition coefficient (Wildman–Crippen LogP) is 3.12. The molecule has 0 radical (unpaired) electrons. The number of nitrogens with zero attached hydrogens (tertiary/aromatic N) is 3. The van der Waals surface area contributed by atoms with Crippen LogP contribution in [0.25, 0.3) is 16.3 Å². The van der Waals surface area contributed by atoms with E-state index in [9.17, 15) is 0 Å². The summed E-state index contributed by atoms with van der Waals surface area (Å²) in [5.74, 6) is 1.44. The maximum Gasteiger partial charge on any atom is 0.192 e. The molecule has 0 aliphatic rings. The minimum atomic E-state index is 0.676. The van der Waals surface area contributed by atoms with E-state index >= 15 is 0 Å². The number of hydrogen-bond acceptors (Lipinski definition) is 4. The molecule has 3 rings (SSSR count). The second kappa shape index (κ2) is 4.01. The van der Waals surface area contributed by atoms with E-state index in [1.807, 2.05) is 30.5 Å². The summed E-state index contributed by atoms with van der Waals surface area (Å²) in [6, 6.07) is 7.44. The zero-order chi connectivity index (χ0) is 11.8. The SMILES string of the molecule is COc1ccn2nc(-c3ccc(Cl)s3)nc2c1. The van der Waals surface area contributed by atoms with E-state index in [0.29, 0.717) is 5.82 Å². The summed E-state index contributed by atoms with van der Waals surface area (Å²) >= 11 is 7.35. The molecule has 0 aliphatic carbocycles. The Kier molecular flexibility index (Phi) is 2.49. The molecule has 0 saturated carbocycles. The summed E-state index contributed by atoms with van der Waals surface area (Å²) in [4.78, 5) is 5.38. The van der Waals surface area contributed by atoms with Crippen LogP contribution in [0.1, 0.15) is 0 Å². The third kappa shape index (κ3) is 1.87. The Morgan fingerprint density at radius 2 is 2.24 bits per heavy atom. The van der Waals surface area contributed by atoms with E-state index in [0.717, 1.165) is 20.6 Å². The van der Waals surface area contributed by atoms with Crippen LogP contribution in [0.3, 0.4) is 0 Å². The number of pyridine rings is 1. The lowest BCUT2D eigenvalue weighted by Crippen LogP contribution is -1.88. The summed E-state index contributed by atoms with van der Waals surface area (Å²) in [6.45, 7) is 0. The van der Waals surface area contributed by atoms with E-state index < -0.39 is 0 Å². The largest absolute Gasteiger partial charge is 0.497 e. The number of thiophene rings is 1. The van der Waals surface area contributed by atoms with Gasteiger partial charge < -0.3 is 4.74 Å². The van der Waals surface area contributed by atoms with Crippen molar-refractivity contribution >= 4 is 28.6 Å². The van der Waals surface area contributed by atoms with Crippen LogP contribution in [0.5, 0.6) is 5.75 Å². The Balaban J connectivity index is 2.13. The van der Waals surface area contributed by atoms with Gasteiger partial charge in [-0.05, 0) is 18.2 Å². The average Bonchev–Trinajstić information content (AvgIpc) is 2.93. The lowest BCUT2D eigenvalue weighted by atomic mass is 10.4. The number of aromatic nitrogens is 3. The van der Waals surface area contributed by atoms with Crippen LogP contribution in [-0.4, -0.2) is 21.7 Å². The summed E-state index contributed by atoms with van der Waals surface area (Å²) in [5, 5.41) is 4.37.